The van der Waals surface area contributed by atoms with E-state index in [1.165, 1.54) is 5.57 Å². The van der Waals surface area contributed by atoms with Crippen LogP contribution in [-0.2, 0) is 28.5 Å². The van der Waals surface area contributed by atoms with Gasteiger partial charge in [-0.05, 0) is 60.3 Å². The Kier molecular flexibility index (Phi) is 10.3. The highest BCUT2D eigenvalue weighted by Gasteiger charge is 2.72. The third-order valence-electron chi connectivity index (χ3n) is 7.77. The first kappa shape index (κ1) is 31.2. The summed E-state index contributed by atoms with van der Waals surface area (Å²) < 4.78 is 29.3. The molecule has 11 heteroatoms. The molecule has 0 aromatic heterocycles. The Balaban J connectivity index is 1.47. The molecule has 2 aliphatic heterocycles. The quantitative estimate of drug-likeness (QED) is 0.179. The van der Waals surface area contributed by atoms with E-state index in [9.17, 15) is 14.4 Å². The van der Waals surface area contributed by atoms with Crippen molar-refractivity contribution in [1.82, 2.24) is 16.0 Å². The number of methoxy groups -OCH3 is 1. The normalized spacial score (nSPS) is 31.2. The number of epoxide rings is 2. The van der Waals surface area contributed by atoms with Crippen LogP contribution in [0.2, 0.25) is 0 Å². The minimum Gasteiger partial charge on any atom is -0.447 e. The van der Waals surface area contributed by atoms with Gasteiger partial charge < -0.3 is 39.6 Å². The second kappa shape index (κ2) is 12.9. The van der Waals surface area contributed by atoms with Gasteiger partial charge in [-0.2, -0.15) is 0 Å². The zero-order valence-electron chi connectivity index (χ0n) is 24.5. The van der Waals surface area contributed by atoms with Crippen LogP contribution in [0.25, 0.3) is 0 Å². The molecule has 3 fully saturated rings. The molecule has 222 valence electrons. The zero-order valence-corrected chi connectivity index (χ0v) is 24.5. The number of nitrogens with one attached hydrogen (secondary N) is 3. The van der Waals surface area contributed by atoms with E-state index in [0.29, 0.717) is 39.0 Å². The summed E-state index contributed by atoms with van der Waals surface area (Å²) in [6, 6.07) is 0. The minimum atomic E-state index is -0.859. The average molecular weight is 554 g/mol. The Bertz CT molecular complexity index is 914. The van der Waals surface area contributed by atoms with Gasteiger partial charge in [-0.15, -0.1) is 0 Å². The lowest BCUT2D eigenvalue weighted by Crippen LogP contribution is -2.57. The molecule has 11 nitrogen and oxygen atoms in total. The number of alkyl carbamates (subject to hydrolysis) is 2. The second-order valence-corrected chi connectivity index (χ2v) is 11.9. The molecular formula is C28H47N3O8. The van der Waals surface area contributed by atoms with Crippen molar-refractivity contribution in [2.45, 2.75) is 109 Å². The van der Waals surface area contributed by atoms with Gasteiger partial charge in [-0.25, -0.2) is 9.59 Å². The molecule has 0 aromatic carbocycles. The summed E-state index contributed by atoms with van der Waals surface area (Å²) >= 11 is 0. The fraction of sp³-hybridized carbons (Fsp3) is 0.821. The fourth-order valence-corrected chi connectivity index (χ4v) is 5.48. The second-order valence-electron chi connectivity index (χ2n) is 11.9. The summed E-state index contributed by atoms with van der Waals surface area (Å²) in [4.78, 5) is 36.2. The zero-order chi connectivity index (χ0) is 28.8. The van der Waals surface area contributed by atoms with E-state index in [0.717, 1.165) is 12.8 Å². The van der Waals surface area contributed by atoms with Gasteiger partial charge in [0, 0.05) is 26.6 Å². The van der Waals surface area contributed by atoms with Crippen molar-refractivity contribution in [2.75, 3.05) is 33.4 Å². The molecule has 39 heavy (non-hydrogen) atoms. The van der Waals surface area contributed by atoms with Crippen LogP contribution in [0.4, 0.5) is 9.59 Å². The highest BCUT2D eigenvalue weighted by atomic mass is 16.6. The first-order valence-electron chi connectivity index (χ1n) is 14.0. The van der Waals surface area contributed by atoms with Crippen LogP contribution in [0.5, 0.6) is 0 Å². The van der Waals surface area contributed by atoms with Gasteiger partial charge in [-0.1, -0.05) is 18.6 Å². The van der Waals surface area contributed by atoms with E-state index in [-0.39, 0.29) is 36.2 Å². The van der Waals surface area contributed by atoms with E-state index >= 15 is 0 Å². The van der Waals surface area contributed by atoms with Crippen molar-refractivity contribution in [1.29, 1.82) is 0 Å². The molecule has 3 aliphatic rings. The van der Waals surface area contributed by atoms with Crippen molar-refractivity contribution in [2.24, 2.45) is 5.92 Å². The first-order chi connectivity index (χ1) is 18.4. The average Bonchev–Trinajstić information content (AvgIpc) is 3.78. The predicted octanol–water partition coefficient (Wildman–Crippen LogP) is 3.21. The molecule has 0 bridgehead atoms. The molecule has 1 saturated carbocycles. The first-order valence-corrected chi connectivity index (χ1v) is 14.0. The third kappa shape index (κ3) is 8.31. The lowest BCUT2D eigenvalue weighted by molar-refractivity contribution is -0.120. The molecule has 3 N–H and O–H groups in total. The van der Waals surface area contributed by atoms with E-state index < -0.39 is 29.4 Å². The standard InChI is InChI=1S/C28H47N3O8/c1-8-21(32)29-14-9-15-30-24(33)36-16-26(4,5)31-25(34)38-19-12-13-28(17-37-28)23(22(19)35-7)27(6)20(39-27)11-10-18(2)3/h10,19-20,22-23H,8-9,11-17H2,1-7H3,(H,29,32)(H,30,33)(H,31,34)/t19?,20-,22?,23?,27-,28+/m1/s1. The van der Waals surface area contributed by atoms with E-state index in [2.05, 4.69) is 42.8 Å². The number of ether oxygens (including phenoxy) is 5. The van der Waals surface area contributed by atoms with Gasteiger partial charge in [0.15, 0.2) is 0 Å². The van der Waals surface area contributed by atoms with Crippen LogP contribution in [0.15, 0.2) is 11.6 Å². The molecule has 2 heterocycles. The highest BCUT2D eigenvalue weighted by Crippen LogP contribution is 2.59. The summed E-state index contributed by atoms with van der Waals surface area (Å²) in [5, 5.41) is 8.18. The van der Waals surface area contributed by atoms with Crippen molar-refractivity contribution in [3.63, 3.8) is 0 Å². The Labute approximate surface area is 232 Å². The van der Waals surface area contributed by atoms with Gasteiger partial charge in [-0.3, -0.25) is 4.79 Å². The summed E-state index contributed by atoms with van der Waals surface area (Å²) in [5.74, 6) is -0.0931. The molecule has 1 spiro atoms. The number of allylic oxidation sites excluding steroid dienone is 1. The van der Waals surface area contributed by atoms with Crippen LogP contribution < -0.4 is 16.0 Å². The van der Waals surface area contributed by atoms with Gasteiger partial charge in [0.05, 0.1) is 24.2 Å². The van der Waals surface area contributed by atoms with Crippen LogP contribution in [-0.4, -0.2) is 86.6 Å². The van der Waals surface area contributed by atoms with Gasteiger partial charge >= 0.3 is 12.2 Å². The highest BCUT2D eigenvalue weighted by molar-refractivity contribution is 5.75. The smallest absolute Gasteiger partial charge is 0.408 e. The fourth-order valence-electron chi connectivity index (χ4n) is 5.48. The maximum absolute atomic E-state index is 12.9. The van der Waals surface area contributed by atoms with E-state index in [4.69, 9.17) is 23.7 Å². The van der Waals surface area contributed by atoms with Crippen LogP contribution in [0.1, 0.15) is 73.6 Å². The van der Waals surface area contributed by atoms with Crippen LogP contribution >= 0.6 is 0 Å². The maximum Gasteiger partial charge on any atom is 0.408 e. The van der Waals surface area contributed by atoms with Crippen LogP contribution in [0.3, 0.4) is 0 Å². The van der Waals surface area contributed by atoms with Crippen molar-refractivity contribution in [3.05, 3.63) is 11.6 Å². The Hall–Kier alpha value is -2.37. The van der Waals surface area contributed by atoms with E-state index in [1.807, 2.05) is 0 Å². The molecule has 0 radical (unpaired) electrons. The molecule has 3 rings (SSSR count). The molecular weight excluding hydrogens is 506 g/mol. The van der Waals surface area contributed by atoms with Crippen molar-refractivity contribution >= 4 is 18.1 Å². The summed E-state index contributed by atoms with van der Waals surface area (Å²) in [7, 11) is 1.64. The summed E-state index contributed by atoms with van der Waals surface area (Å²) in [6.45, 7) is 13.0. The summed E-state index contributed by atoms with van der Waals surface area (Å²) in [5.41, 5.74) is -0.323. The molecule has 0 aromatic rings. The Morgan fingerprint density at radius 3 is 2.44 bits per heavy atom. The van der Waals surface area contributed by atoms with Gasteiger partial charge in [0.25, 0.3) is 0 Å². The molecule has 2 saturated heterocycles. The Morgan fingerprint density at radius 1 is 1.13 bits per heavy atom. The number of rotatable bonds is 13. The predicted molar refractivity (Wildman–Crippen MR) is 144 cm³/mol. The van der Waals surface area contributed by atoms with Crippen molar-refractivity contribution < 1.29 is 38.1 Å². The van der Waals surface area contributed by atoms with Gasteiger partial charge in [0.2, 0.25) is 5.91 Å². The van der Waals surface area contributed by atoms with Gasteiger partial charge in [0.1, 0.15) is 30.0 Å². The number of carbonyl (C=O) groups excluding carboxylic acids is 3. The monoisotopic (exact) mass is 553 g/mol. The molecule has 3 unspecified atom stereocenters. The lowest BCUT2D eigenvalue weighted by atomic mass is 9.68. The maximum atomic E-state index is 12.9. The third-order valence-corrected chi connectivity index (χ3v) is 7.77. The minimum absolute atomic E-state index is 0.0306. The summed E-state index contributed by atoms with van der Waals surface area (Å²) in [6.07, 6.45) is 3.44. The number of carbonyl (C=O) groups is 3. The molecule has 6 atom stereocenters. The largest absolute Gasteiger partial charge is 0.447 e. The SMILES string of the molecule is CCC(=O)NCCCNC(=O)OCC(C)(C)NC(=O)OC1CC[C@]2(CO2)C([C@]2(C)O[C@@H]2CC=C(C)C)C1OC. The number of amides is 3. The van der Waals surface area contributed by atoms with Crippen molar-refractivity contribution in [3.8, 4) is 0 Å². The number of hydrogen-bond acceptors (Lipinski definition) is 8. The lowest BCUT2D eigenvalue weighted by Gasteiger charge is -2.42. The molecule has 1 aliphatic carbocycles. The topological polar surface area (TPSA) is 140 Å². The Morgan fingerprint density at radius 2 is 1.82 bits per heavy atom. The van der Waals surface area contributed by atoms with Crippen LogP contribution in [0, 0.1) is 5.92 Å². The molecule has 3 amide bonds. The number of hydrogen-bond donors (Lipinski definition) is 3. The van der Waals surface area contributed by atoms with E-state index in [1.54, 1.807) is 27.9 Å².